The van der Waals surface area contributed by atoms with Crippen LogP contribution in [-0.2, 0) is 12.4 Å². The van der Waals surface area contributed by atoms with Gasteiger partial charge >= 0.3 is 12.4 Å². The van der Waals surface area contributed by atoms with Crippen molar-refractivity contribution in [2.75, 3.05) is 28.6 Å². The zero-order valence-corrected chi connectivity index (χ0v) is 23.4. The number of anilines is 3. The summed E-state index contributed by atoms with van der Waals surface area (Å²) in [7, 11) is 0. The summed E-state index contributed by atoms with van der Waals surface area (Å²) in [5.74, 6) is 1.12. The van der Waals surface area contributed by atoms with Gasteiger partial charge in [0, 0.05) is 48.7 Å². The van der Waals surface area contributed by atoms with Crippen LogP contribution < -0.4 is 20.3 Å². The molecule has 0 spiro atoms. The van der Waals surface area contributed by atoms with Gasteiger partial charge in [-0.05, 0) is 74.9 Å². The molecule has 0 bridgehead atoms. The van der Waals surface area contributed by atoms with Crippen molar-refractivity contribution in [1.29, 1.82) is 0 Å². The van der Waals surface area contributed by atoms with Gasteiger partial charge in [0.2, 0.25) is 5.88 Å². The highest BCUT2D eigenvalue weighted by atomic mass is 19.4. The summed E-state index contributed by atoms with van der Waals surface area (Å²) < 4.78 is 84.5. The predicted molar refractivity (Wildman–Crippen MR) is 151 cm³/mol. The topological polar surface area (TPSA) is 105 Å². The van der Waals surface area contributed by atoms with Crippen molar-refractivity contribution in [1.82, 2.24) is 9.97 Å². The minimum Gasteiger partial charge on any atom is -0.474 e. The molecule has 5 rings (SSSR count). The van der Waals surface area contributed by atoms with Crippen LogP contribution in [-0.4, -0.2) is 46.2 Å². The van der Waals surface area contributed by atoms with E-state index in [-0.39, 0.29) is 23.9 Å². The van der Waals surface area contributed by atoms with Crippen LogP contribution in [0.4, 0.5) is 49.2 Å². The fraction of sp³-hybridized carbons (Fsp3) is 0.448. The van der Waals surface area contributed by atoms with Gasteiger partial charge in [-0.1, -0.05) is 0 Å². The normalized spacial score (nSPS) is 19.8. The van der Waals surface area contributed by atoms with Crippen molar-refractivity contribution in [2.45, 2.75) is 69.1 Å². The molecule has 1 saturated heterocycles. The maximum atomic E-state index is 13.3. The van der Waals surface area contributed by atoms with Crippen LogP contribution in [0.25, 0.3) is 0 Å². The maximum Gasteiger partial charge on any atom is 0.423 e. The van der Waals surface area contributed by atoms with E-state index in [1.807, 2.05) is 0 Å². The molecule has 2 N–H and O–H groups in total. The Morgan fingerprint density at radius 1 is 0.795 bits per heavy atom. The van der Waals surface area contributed by atoms with Gasteiger partial charge in [0.15, 0.2) is 0 Å². The van der Waals surface area contributed by atoms with E-state index in [2.05, 4.69) is 25.5 Å². The largest absolute Gasteiger partial charge is 0.474 e. The predicted octanol–water partition coefficient (Wildman–Crippen LogP) is 7.31. The van der Waals surface area contributed by atoms with Crippen LogP contribution in [0.3, 0.4) is 0 Å². The summed E-state index contributed by atoms with van der Waals surface area (Å²) in [5.41, 5.74) is -2.15. The fourth-order valence-electron chi connectivity index (χ4n) is 5.55. The standard InChI is InChI=1S/C29H30F6N6O3/c30-28(31,32)18-1-3-19(4-2-18)38-21-11-13-40(14-12-21)26-16-27(37-17-36-26)44-23-8-5-20(6-9-23)39-22-7-10-25(41(42)43)24(15-22)29(33,34)35/h1-4,7,10,15-17,20-21,23,38-39H,5-6,8-9,11-14H2. The van der Waals surface area contributed by atoms with E-state index in [0.29, 0.717) is 56.2 Å². The van der Waals surface area contributed by atoms with E-state index in [0.717, 1.165) is 37.1 Å². The Morgan fingerprint density at radius 2 is 1.41 bits per heavy atom. The number of hydrogen-bond donors (Lipinski definition) is 2. The highest BCUT2D eigenvalue weighted by molar-refractivity contribution is 5.55. The molecule has 2 aromatic carbocycles. The van der Waals surface area contributed by atoms with Crippen LogP contribution in [0.5, 0.6) is 5.88 Å². The first-order valence-electron chi connectivity index (χ1n) is 14.1. The zero-order valence-electron chi connectivity index (χ0n) is 23.4. The van der Waals surface area contributed by atoms with Crippen LogP contribution in [0.1, 0.15) is 49.7 Å². The average molecular weight is 625 g/mol. The molecule has 2 aliphatic rings. The number of nitro groups is 1. The van der Waals surface area contributed by atoms with Gasteiger partial charge < -0.3 is 20.3 Å². The number of ether oxygens (including phenoxy) is 1. The third-order valence-electron chi connectivity index (χ3n) is 7.86. The molecule has 2 heterocycles. The first kappa shape index (κ1) is 31.1. The molecule has 1 aromatic heterocycles. The highest BCUT2D eigenvalue weighted by Gasteiger charge is 2.38. The number of nitro benzene ring substituents is 1. The molecular formula is C29H30F6N6O3. The minimum absolute atomic E-state index is 0.107. The minimum atomic E-state index is -4.84. The van der Waals surface area contributed by atoms with Crippen LogP contribution in [0.15, 0.2) is 54.9 Å². The van der Waals surface area contributed by atoms with E-state index in [1.165, 1.54) is 24.5 Å². The molecule has 0 atom stereocenters. The van der Waals surface area contributed by atoms with Crippen molar-refractivity contribution in [3.8, 4) is 5.88 Å². The molecule has 3 aromatic rings. The first-order chi connectivity index (χ1) is 20.8. The lowest BCUT2D eigenvalue weighted by Gasteiger charge is -2.34. The summed E-state index contributed by atoms with van der Waals surface area (Å²) in [6, 6.07) is 9.69. The van der Waals surface area contributed by atoms with E-state index in [4.69, 9.17) is 4.74 Å². The Hall–Kier alpha value is -4.30. The molecule has 0 unspecified atom stereocenters. The van der Waals surface area contributed by atoms with Crippen molar-refractivity contribution < 1.29 is 36.0 Å². The lowest BCUT2D eigenvalue weighted by molar-refractivity contribution is -0.388. The van der Waals surface area contributed by atoms with Gasteiger partial charge in [-0.2, -0.15) is 26.3 Å². The third-order valence-corrected chi connectivity index (χ3v) is 7.86. The highest BCUT2D eigenvalue weighted by Crippen LogP contribution is 2.38. The number of nitrogens with one attached hydrogen (secondary N) is 2. The summed E-state index contributed by atoms with van der Waals surface area (Å²) in [6.45, 7) is 1.37. The quantitative estimate of drug-likeness (QED) is 0.153. The van der Waals surface area contributed by atoms with Gasteiger partial charge in [-0.15, -0.1) is 0 Å². The Morgan fingerprint density at radius 3 is 2.02 bits per heavy atom. The molecule has 9 nitrogen and oxygen atoms in total. The SMILES string of the molecule is O=[N+]([O-])c1ccc(NC2CCC(Oc3cc(N4CCC(Nc5ccc(C(F)(F)F)cc5)CC4)ncn3)CC2)cc1C(F)(F)F. The smallest absolute Gasteiger partial charge is 0.423 e. The maximum absolute atomic E-state index is 13.3. The Kier molecular flexibility index (Phi) is 9.02. The number of benzene rings is 2. The average Bonchev–Trinajstić information content (AvgIpc) is 2.98. The fourth-order valence-corrected chi connectivity index (χ4v) is 5.55. The third kappa shape index (κ3) is 7.80. The molecule has 44 heavy (non-hydrogen) atoms. The summed E-state index contributed by atoms with van der Waals surface area (Å²) in [4.78, 5) is 20.7. The molecule has 1 aliphatic carbocycles. The van der Waals surface area contributed by atoms with Crippen molar-refractivity contribution >= 4 is 22.9 Å². The number of hydrogen-bond acceptors (Lipinski definition) is 8. The Bertz CT molecular complexity index is 1440. The summed E-state index contributed by atoms with van der Waals surface area (Å²) in [6.07, 6.45) is -3.88. The molecule has 1 aliphatic heterocycles. The number of piperidine rings is 1. The van der Waals surface area contributed by atoms with E-state index < -0.39 is 34.1 Å². The molecule has 15 heteroatoms. The van der Waals surface area contributed by atoms with Gasteiger partial charge in [-0.3, -0.25) is 10.1 Å². The first-order valence-corrected chi connectivity index (χ1v) is 14.1. The van der Waals surface area contributed by atoms with Crippen molar-refractivity contribution in [2.24, 2.45) is 0 Å². The Labute approximate surface area is 248 Å². The summed E-state index contributed by atoms with van der Waals surface area (Å²) in [5, 5.41) is 17.4. The molecule has 1 saturated carbocycles. The molecule has 2 fully saturated rings. The molecule has 0 amide bonds. The van der Waals surface area contributed by atoms with Crippen molar-refractivity contribution in [3.05, 3.63) is 76.1 Å². The lowest BCUT2D eigenvalue weighted by Crippen LogP contribution is -2.39. The van der Waals surface area contributed by atoms with Crippen molar-refractivity contribution in [3.63, 3.8) is 0 Å². The second kappa shape index (κ2) is 12.7. The van der Waals surface area contributed by atoms with E-state index >= 15 is 0 Å². The lowest BCUT2D eigenvalue weighted by atomic mass is 9.92. The Balaban J connectivity index is 1.09. The second-order valence-electron chi connectivity index (χ2n) is 10.9. The van der Waals surface area contributed by atoms with E-state index in [1.54, 1.807) is 6.07 Å². The van der Waals surface area contributed by atoms with E-state index in [9.17, 15) is 36.5 Å². The molecule has 0 radical (unpaired) electrons. The number of alkyl halides is 6. The summed E-state index contributed by atoms with van der Waals surface area (Å²) >= 11 is 0. The monoisotopic (exact) mass is 624 g/mol. The van der Waals surface area contributed by atoms with Crippen LogP contribution >= 0.6 is 0 Å². The van der Waals surface area contributed by atoms with Gasteiger partial charge in [0.1, 0.15) is 23.8 Å². The molecular weight excluding hydrogens is 594 g/mol. The number of rotatable bonds is 8. The second-order valence-corrected chi connectivity index (χ2v) is 10.9. The van der Waals surface area contributed by atoms with Gasteiger partial charge in [0.25, 0.3) is 5.69 Å². The number of halogens is 6. The zero-order chi connectivity index (χ0) is 31.5. The molecule has 236 valence electrons. The number of nitrogens with zero attached hydrogens (tertiary/aromatic N) is 4. The van der Waals surface area contributed by atoms with Crippen LogP contribution in [0, 0.1) is 10.1 Å². The van der Waals surface area contributed by atoms with Crippen LogP contribution in [0.2, 0.25) is 0 Å². The van der Waals surface area contributed by atoms with Gasteiger partial charge in [0.05, 0.1) is 10.5 Å². The number of aromatic nitrogens is 2. The van der Waals surface area contributed by atoms with Gasteiger partial charge in [-0.25, -0.2) is 9.97 Å².